The molecule has 0 bridgehead atoms. The number of nitrogens with zero attached hydrogens (tertiary/aromatic N) is 2. The highest BCUT2D eigenvalue weighted by Gasteiger charge is 2.13. The second-order valence-corrected chi connectivity index (χ2v) is 19.0. The minimum absolute atomic E-state index is 0.00328. The van der Waals surface area contributed by atoms with Crippen LogP contribution in [0.1, 0.15) is 239 Å². The number of carbonyl (C=O) groups excluding carboxylic acids is 3. The van der Waals surface area contributed by atoms with Crippen molar-refractivity contribution < 1.29 is 23.9 Å². The molecule has 9 heteroatoms. The molecule has 0 rings (SSSR count). The minimum atomic E-state index is -0.0724. The third kappa shape index (κ3) is 44.9. The molecule has 0 saturated carbocycles. The zero-order valence-electron chi connectivity index (χ0n) is 42.1. The third-order valence-electron chi connectivity index (χ3n) is 12.5. The van der Waals surface area contributed by atoms with E-state index in [0.717, 1.165) is 90.4 Å². The van der Waals surface area contributed by atoms with Crippen LogP contribution < -0.4 is 10.6 Å². The molecule has 0 aromatic rings. The Morgan fingerprint density at radius 1 is 0.500 bits per heavy atom. The van der Waals surface area contributed by atoms with Crippen LogP contribution in [0, 0.1) is 11.8 Å². The highest BCUT2D eigenvalue weighted by Crippen LogP contribution is 2.21. The Bertz CT molecular complexity index is 937. The van der Waals surface area contributed by atoms with E-state index in [0.29, 0.717) is 38.6 Å². The fourth-order valence-electron chi connectivity index (χ4n) is 8.34. The van der Waals surface area contributed by atoms with Gasteiger partial charge in [-0.3, -0.25) is 4.79 Å². The fourth-order valence-corrected chi connectivity index (χ4v) is 8.34. The van der Waals surface area contributed by atoms with Crippen LogP contribution in [0.4, 0.5) is 4.79 Å². The van der Waals surface area contributed by atoms with E-state index in [1.54, 1.807) is 0 Å². The van der Waals surface area contributed by atoms with Crippen LogP contribution in [-0.4, -0.2) is 101 Å². The largest absolute Gasteiger partial charge is 0.465 e. The first-order chi connectivity index (χ1) is 30.4. The highest BCUT2D eigenvalue weighted by molar-refractivity contribution is 5.73. The summed E-state index contributed by atoms with van der Waals surface area (Å²) in [6, 6.07) is -0.0724. The molecule has 2 amide bonds. The summed E-state index contributed by atoms with van der Waals surface area (Å²) in [7, 11) is 4.10. The lowest BCUT2D eigenvalue weighted by Crippen LogP contribution is -2.41. The van der Waals surface area contributed by atoms with Gasteiger partial charge in [0.25, 0.3) is 0 Å². The SMILES string of the molecule is CCCCCCCCC(C=O)COCCCCCCCCN(CCCCCCCC(=O)OCC(CCCCCCCC)CCCCCCCC)CCNC(=O)NCCCN(C)C. The standard InChI is InChI=1S/C53H106N4O5/c1-6-9-12-15-21-28-36-50(37-29-22-16-13-10-7-2)49-62-52(59)39-31-24-20-26-33-44-57(45-41-55-53(60)54-40-35-42-56(4)5)43-32-25-18-19-27-34-46-61-48-51(47-58)38-30-23-17-14-11-8-3/h47,50-51H,6-46,48-49H2,1-5H3,(H2,54,55,60). The molecule has 62 heavy (non-hydrogen) atoms. The molecule has 0 aromatic heterocycles. The Morgan fingerprint density at radius 3 is 1.50 bits per heavy atom. The third-order valence-corrected chi connectivity index (χ3v) is 12.5. The second kappa shape index (κ2) is 48.7. The Labute approximate surface area is 385 Å². The molecule has 0 spiro atoms. The summed E-state index contributed by atoms with van der Waals surface area (Å²) in [6.45, 7) is 14.0. The van der Waals surface area contributed by atoms with E-state index < -0.39 is 0 Å². The summed E-state index contributed by atoms with van der Waals surface area (Å²) >= 11 is 0. The number of nitrogens with one attached hydrogen (secondary N) is 2. The quantitative estimate of drug-likeness (QED) is 0.0357. The van der Waals surface area contributed by atoms with Gasteiger partial charge < -0.3 is 34.7 Å². The van der Waals surface area contributed by atoms with E-state index in [1.807, 2.05) is 0 Å². The van der Waals surface area contributed by atoms with E-state index in [2.05, 4.69) is 55.3 Å². The number of rotatable bonds is 50. The Balaban J connectivity index is 4.44. The summed E-state index contributed by atoms with van der Waals surface area (Å²) in [5.74, 6) is 0.575. The molecule has 0 aliphatic rings. The lowest BCUT2D eigenvalue weighted by Gasteiger charge is -2.22. The molecule has 0 radical (unpaired) electrons. The van der Waals surface area contributed by atoms with Crippen molar-refractivity contribution >= 4 is 18.3 Å². The van der Waals surface area contributed by atoms with E-state index in [9.17, 15) is 14.4 Å². The van der Waals surface area contributed by atoms with Gasteiger partial charge in [0.1, 0.15) is 6.29 Å². The van der Waals surface area contributed by atoms with Gasteiger partial charge in [-0.25, -0.2) is 4.79 Å². The van der Waals surface area contributed by atoms with Crippen molar-refractivity contribution in [3.63, 3.8) is 0 Å². The monoisotopic (exact) mass is 879 g/mol. The number of hydrogen-bond donors (Lipinski definition) is 2. The first-order valence-corrected chi connectivity index (χ1v) is 26.9. The number of amides is 2. The van der Waals surface area contributed by atoms with Crippen LogP contribution in [-0.2, 0) is 19.1 Å². The number of carbonyl (C=O) groups is 3. The molecule has 368 valence electrons. The Morgan fingerprint density at radius 2 is 0.968 bits per heavy atom. The maximum absolute atomic E-state index is 12.7. The van der Waals surface area contributed by atoms with Crippen molar-refractivity contribution in [3.05, 3.63) is 0 Å². The van der Waals surface area contributed by atoms with Crippen LogP contribution in [0.2, 0.25) is 0 Å². The van der Waals surface area contributed by atoms with Gasteiger partial charge in [0.05, 0.1) is 13.2 Å². The van der Waals surface area contributed by atoms with Crippen LogP contribution in [0.3, 0.4) is 0 Å². The molecule has 1 unspecified atom stereocenters. The van der Waals surface area contributed by atoms with Gasteiger partial charge in [-0.15, -0.1) is 0 Å². The maximum Gasteiger partial charge on any atom is 0.314 e. The normalized spacial score (nSPS) is 12.1. The number of aldehydes is 1. The summed E-state index contributed by atoms with van der Waals surface area (Å²) in [5, 5.41) is 6.06. The molecule has 0 aromatic carbocycles. The second-order valence-electron chi connectivity index (χ2n) is 19.0. The van der Waals surface area contributed by atoms with Gasteiger partial charge in [0.2, 0.25) is 0 Å². The van der Waals surface area contributed by atoms with Crippen molar-refractivity contribution in [1.29, 1.82) is 0 Å². The maximum atomic E-state index is 12.7. The number of hydrogen-bond acceptors (Lipinski definition) is 7. The van der Waals surface area contributed by atoms with Crippen molar-refractivity contribution in [1.82, 2.24) is 20.4 Å². The minimum Gasteiger partial charge on any atom is -0.465 e. The lowest BCUT2D eigenvalue weighted by atomic mass is 9.94. The van der Waals surface area contributed by atoms with E-state index in [-0.39, 0.29) is 17.9 Å². The first-order valence-electron chi connectivity index (χ1n) is 26.9. The van der Waals surface area contributed by atoms with Gasteiger partial charge in [-0.05, 0) is 91.0 Å². The molecule has 1 atom stereocenters. The number of esters is 1. The molecule has 0 heterocycles. The molecule has 0 saturated heterocycles. The number of ether oxygens (including phenoxy) is 2. The predicted molar refractivity (Wildman–Crippen MR) is 265 cm³/mol. The summed E-state index contributed by atoms with van der Waals surface area (Å²) in [4.78, 5) is 41.2. The first kappa shape index (κ1) is 60.3. The van der Waals surface area contributed by atoms with Gasteiger partial charge in [0, 0.05) is 38.6 Å². The van der Waals surface area contributed by atoms with E-state index in [4.69, 9.17) is 9.47 Å². The molecule has 0 aliphatic carbocycles. The van der Waals surface area contributed by atoms with Gasteiger partial charge in [-0.1, -0.05) is 181 Å². The van der Waals surface area contributed by atoms with Crippen LogP contribution >= 0.6 is 0 Å². The van der Waals surface area contributed by atoms with Gasteiger partial charge in [-0.2, -0.15) is 0 Å². The number of urea groups is 1. The Kier molecular flexibility index (Phi) is 47.4. The molecule has 2 N–H and O–H groups in total. The van der Waals surface area contributed by atoms with Gasteiger partial charge >= 0.3 is 12.0 Å². The zero-order valence-corrected chi connectivity index (χ0v) is 42.1. The molecule has 0 fully saturated rings. The average molecular weight is 879 g/mol. The lowest BCUT2D eigenvalue weighted by molar-refractivity contribution is -0.145. The predicted octanol–water partition coefficient (Wildman–Crippen LogP) is 13.5. The van der Waals surface area contributed by atoms with E-state index >= 15 is 0 Å². The van der Waals surface area contributed by atoms with Crippen LogP contribution in [0.15, 0.2) is 0 Å². The Hall–Kier alpha value is -1.71. The topological polar surface area (TPSA) is 100 Å². The molecule has 0 aliphatic heterocycles. The molecular weight excluding hydrogens is 773 g/mol. The van der Waals surface area contributed by atoms with Crippen LogP contribution in [0.25, 0.3) is 0 Å². The van der Waals surface area contributed by atoms with E-state index in [1.165, 1.54) is 161 Å². The zero-order chi connectivity index (χ0) is 45.4. The van der Waals surface area contributed by atoms with Gasteiger partial charge in [0.15, 0.2) is 0 Å². The van der Waals surface area contributed by atoms with Crippen molar-refractivity contribution in [2.45, 2.75) is 239 Å². The summed E-state index contributed by atoms with van der Waals surface area (Å²) < 4.78 is 11.7. The highest BCUT2D eigenvalue weighted by atomic mass is 16.5. The fraction of sp³-hybridized carbons (Fsp3) is 0.943. The molecular formula is C53H106N4O5. The smallest absolute Gasteiger partial charge is 0.314 e. The van der Waals surface area contributed by atoms with Crippen molar-refractivity contribution in [2.24, 2.45) is 11.8 Å². The number of unbranched alkanes of at least 4 members (excludes halogenated alkanes) is 24. The van der Waals surface area contributed by atoms with Crippen LogP contribution in [0.5, 0.6) is 0 Å². The summed E-state index contributed by atoms with van der Waals surface area (Å²) in [5.41, 5.74) is 0. The van der Waals surface area contributed by atoms with Crippen molar-refractivity contribution in [2.75, 3.05) is 73.2 Å². The summed E-state index contributed by atoms with van der Waals surface area (Å²) in [6.07, 6.45) is 41.9. The molecule has 9 nitrogen and oxygen atoms in total. The average Bonchev–Trinajstić information content (AvgIpc) is 3.26. The van der Waals surface area contributed by atoms with Crippen molar-refractivity contribution in [3.8, 4) is 0 Å².